The molecule has 2 rings (SSSR count). The highest BCUT2D eigenvalue weighted by Gasteiger charge is 2.23. The van der Waals surface area contributed by atoms with Crippen LogP contribution in [0, 0.1) is 0 Å². The number of halogens is 1. The molecule has 1 aliphatic rings. The molecule has 3 heteroatoms. The van der Waals surface area contributed by atoms with Crippen LogP contribution in [0.25, 0.3) is 0 Å². The second kappa shape index (κ2) is 4.13. The molecule has 0 aliphatic heterocycles. The van der Waals surface area contributed by atoms with Crippen molar-refractivity contribution in [3.8, 4) is 5.75 Å². The number of Topliss-reactive ketones (excluding diaryl/α,β-unsaturated/α-hetero) is 1. The lowest BCUT2D eigenvalue weighted by Gasteiger charge is -2.04. The van der Waals surface area contributed by atoms with Crippen LogP contribution in [0.1, 0.15) is 23.2 Å². The number of alkyl halides is 1. The van der Waals surface area contributed by atoms with Crippen molar-refractivity contribution in [1.82, 2.24) is 0 Å². The fourth-order valence-corrected chi connectivity index (χ4v) is 1.50. The minimum Gasteiger partial charge on any atom is -0.490 e. The van der Waals surface area contributed by atoms with Gasteiger partial charge < -0.3 is 4.74 Å². The molecule has 0 spiro atoms. The van der Waals surface area contributed by atoms with Crippen LogP contribution < -0.4 is 4.74 Å². The number of rotatable bonds is 4. The van der Waals surface area contributed by atoms with E-state index in [9.17, 15) is 4.79 Å². The summed E-state index contributed by atoms with van der Waals surface area (Å²) in [5, 5.41) is 0.371. The Balaban J connectivity index is 2.04. The summed E-state index contributed by atoms with van der Waals surface area (Å²) in [5.74, 6) is 0.960. The molecule has 0 radical (unpaired) electrons. The van der Waals surface area contributed by atoms with Gasteiger partial charge in [0.25, 0.3) is 0 Å². The minimum absolute atomic E-state index is 0.1000. The number of ketones is 1. The maximum Gasteiger partial charge on any atom is 0.173 e. The third-order valence-electron chi connectivity index (χ3n) is 2.12. The molecule has 0 N–H and O–H groups in total. The fraction of sp³-hybridized carbons (Fsp3) is 0.364. The Labute approximate surface area is 91.4 Å². The van der Waals surface area contributed by atoms with E-state index in [1.165, 1.54) is 0 Å². The van der Waals surface area contributed by atoms with Crippen LogP contribution >= 0.6 is 15.9 Å². The lowest BCUT2D eigenvalue weighted by Crippen LogP contribution is -2.00. The summed E-state index contributed by atoms with van der Waals surface area (Å²) in [7, 11) is 0. The molecule has 0 saturated heterocycles. The van der Waals surface area contributed by atoms with Crippen molar-refractivity contribution in [2.24, 2.45) is 0 Å². The van der Waals surface area contributed by atoms with E-state index in [-0.39, 0.29) is 5.78 Å². The summed E-state index contributed by atoms with van der Waals surface area (Å²) < 4.78 is 5.57. The number of carbonyl (C=O) groups is 1. The summed E-state index contributed by atoms with van der Waals surface area (Å²) >= 11 is 3.14. The van der Waals surface area contributed by atoms with Gasteiger partial charge in [0.05, 0.1) is 11.4 Å². The summed E-state index contributed by atoms with van der Waals surface area (Å²) in [6, 6.07) is 7.32. The molecule has 0 unspecified atom stereocenters. The van der Waals surface area contributed by atoms with Gasteiger partial charge in [0.2, 0.25) is 0 Å². The van der Waals surface area contributed by atoms with Gasteiger partial charge >= 0.3 is 0 Å². The number of carbonyl (C=O) groups excluding carboxylic acids is 1. The lowest BCUT2D eigenvalue weighted by atomic mass is 10.1. The van der Waals surface area contributed by atoms with Crippen molar-refractivity contribution in [2.45, 2.75) is 18.9 Å². The van der Waals surface area contributed by atoms with E-state index in [2.05, 4.69) is 15.9 Å². The molecule has 1 fully saturated rings. The highest BCUT2D eigenvalue weighted by Crippen LogP contribution is 2.26. The van der Waals surface area contributed by atoms with Gasteiger partial charge in [-0.1, -0.05) is 15.9 Å². The Kier molecular flexibility index (Phi) is 2.87. The quantitative estimate of drug-likeness (QED) is 0.610. The smallest absolute Gasteiger partial charge is 0.173 e. The molecule has 0 atom stereocenters. The Morgan fingerprint density at radius 3 is 2.50 bits per heavy atom. The number of hydrogen-bond donors (Lipinski definition) is 0. The minimum atomic E-state index is 0.1000. The highest BCUT2D eigenvalue weighted by molar-refractivity contribution is 9.09. The molecule has 0 bridgehead atoms. The van der Waals surface area contributed by atoms with Gasteiger partial charge in [-0.25, -0.2) is 0 Å². The molecule has 0 heterocycles. The van der Waals surface area contributed by atoms with Crippen LogP contribution in [-0.2, 0) is 0 Å². The molecule has 1 aliphatic carbocycles. The topological polar surface area (TPSA) is 26.3 Å². The second-order valence-corrected chi connectivity index (χ2v) is 3.96. The average molecular weight is 255 g/mol. The predicted molar refractivity (Wildman–Crippen MR) is 58.2 cm³/mol. The van der Waals surface area contributed by atoms with Gasteiger partial charge in [-0.3, -0.25) is 4.79 Å². The monoisotopic (exact) mass is 254 g/mol. The number of hydrogen-bond acceptors (Lipinski definition) is 2. The first-order valence-corrected chi connectivity index (χ1v) is 5.77. The average Bonchev–Trinajstić information content (AvgIpc) is 3.02. The molecular weight excluding hydrogens is 244 g/mol. The van der Waals surface area contributed by atoms with Crippen LogP contribution in [0.5, 0.6) is 5.75 Å². The van der Waals surface area contributed by atoms with E-state index in [1.54, 1.807) is 12.1 Å². The van der Waals surface area contributed by atoms with E-state index in [0.29, 0.717) is 11.4 Å². The summed E-state index contributed by atoms with van der Waals surface area (Å²) in [4.78, 5) is 11.3. The largest absolute Gasteiger partial charge is 0.490 e. The van der Waals surface area contributed by atoms with Gasteiger partial charge in [-0.2, -0.15) is 0 Å². The lowest BCUT2D eigenvalue weighted by molar-refractivity contribution is 0.102. The van der Waals surface area contributed by atoms with Crippen LogP contribution in [0.4, 0.5) is 0 Å². The number of benzene rings is 1. The Bertz CT molecular complexity index is 328. The zero-order chi connectivity index (χ0) is 9.97. The van der Waals surface area contributed by atoms with E-state index < -0.39 is 0 Å². The Morgan fingerprint density at radius 1 is 1.36 bits per heavy atom. The molecule has 1 saturated carbocycles. The van der Waals surface area contributed by atoms with E-state index in [4.69, 9.17) is 4.74 Å². The van der Waals surface area contributed by atoms with E-state index in [0.717, 1.165) is 24.2 Å². The van der Waals surface area contributed by atoms with Gasteiger partial charge in [0, 0.05) is 5.56 Å². The van der Waals surface area contributed by atoms with E-state index in [1.807, 2.05) is 12.1 Å². The Hall–Kier alpha value is -0.830. The second-order valence-electron chi connectivity index (χ2n) is 3.40. The maximum absolute atomic E-state index is 11.3. The zero-order valence-electron chi connectivity index (χ0n) is 7.70. The molecule has 14 heavy (non-hydrogen) atoms. The Morgan fingerprint density at radius 2 is 2.00 bits per heavy atom. The first kappa shape index (κ1) is 9.71. The molecule has 1 aromatic rings. The van der Waals surface area contributed by atoms with Crippen molar-refractivity contribution >= 4 is 21.7 Å². The SMILES string of the molecule is O=C(CBr)c1ccc(OC2CC2)cc1. The third kappa shape index (κ3) is 2.35. The first-order valence-electron chi connectivity index (χ1n) is 4.65. The van der Waals surface area contributed by atoms with Gasteiger partial charge in [-0.15, -0.1) is 0 Å². The van der Waals surface area contributed by atoms with Crippen molar-refractivity contribution in [3.63, 3.8) is 0 Å². The van der Waals surface area contributed by atoms with Gasteiger partial charge in [0.15, 0.2) is 5.78 Å². The number of ether oxygens (including phenoxy) is 1. The predicted octanol–water partition coefficient (Wildman–Crippen LogP) is 2.81. The van der Waals surface area contributed by atoms with Crippen LogP contribution in [-0.4, -0.2) is 17.2 Å². The van der Waals surface area contributed by atoms with Crippen LogP contribution in [0.15, 0.2) is 24.3 Å². The van der Waals surface area contributed by atoms with Crippen LogP contribution in [0.2, 0.25) is 0 Å². The molecule has 2 nitrogen and oxygen atoms in total. The normalized spacial score (nSPS) is 15.2. The van der Waals surface area contributed by atoms with Crippen molar-refractivity contribution in [2.75, 3.05) is 5.33 Å². The molecule has 1 aromatic carbocycles. The van der Waals surface area contributed by atoms with Crippen molar-refractivity contribution < 1.29 is 9.53 Å². The van der Waals surface area contributed by atoms with E-state index >= 15 is 0 Å². The summed E-state index contributed by atoms with van der Waals surface area (Å²) in [6.45, 7) is 0. The highest BCUT2D eigenvalue weighted by atomic mass is 79.9. The zero-order valence-corrected chi connectivity index (χ0v) is 9.29. The van der Waals surface area contributed by atoms with Crippen LogP contribution in [0.3, 0.4) is 0 Å². The van der Waals surface area contributed by atoms with Gasteiger partial charge in [0.1, 0.15) is 5.75 Å². The molecule has 74 valence electrons. The molecule has 0 amide bonds. The van der Waals surface area contributed by atoms with Crippen molar-refractivity contribution in [3.05, 3.63) is 29.8 Å². The first-order chi connectivity index (χ1) is 6.79. The molecule has 0 aromatic heterocycles. The fourth-order valence-electron chi connectivity index (χ4n) is 1.17. The third-order valence-corrected chi connectivity index (χ3v) is 2.63. The summed E-state index contributed by atoms with van der Waals surface area (Å²) in [5.41, 5.74) is 0.727. The van der Waals surface area contributed by atoms with Crippen molar-refractivity contribution in [1.29, 1.82) is 0 Å². The van der Waals surface area contributed by atoms with Gasteiger partial charge in [-0.05, 0) is 37.1 Å². The summed E-state index contributed by atoms with van der Waals surface area (Å²) in [6.07, 6.45) is 2.72. The molecular formula is C11H11BrO2. The maximum atomic E-state index is 11.3. The standard InChI is InChI=1S/C11H11BrO2/c12-7-11(13)8-1-3-9(4-2-8)14-10-5-6-10/h1-4,10H,5-7H2.